The van der Waals surface area contributed by atoms with Crippen LogP contribution in [0.1, 0.15) is 19.3 Å². The molecule has 1 aliphatic heterocycles. The van der Waals surface area contributed by atoms with E-state index in [9.17, 15) is 0 Å². The van der Waals surface area contributed by atoms with Crippen molar-refractivity contribution >= 4 is 44.3 Å². The van der Waals surface area contributed by atoms with E-state index < -0.39 is 0 Å². The van der Waals surface area contributed by atoms with Crippen LogP contribution in [0, 0.1) is 0 Å². The van der Waals surface area contributed by atoms with Gasteiger partial charge >= 0.3 is 0 Å². The first-order valence-corrected chi connectivity index (χ1v) is 15.1. The van der Waals surface area contributed by atoms with Gasteiger partial charge in [0, 0.05) is 37.3 Å². The second kappa shape index (κ2) is 11.7. The summed E-state index contributed by atoms with van der Waals surface area (Å²) in [5, 5.41) is 7.86. The zero-order valence-corrected chi connectivity index (χ0v) is 25.1. The number of anilines is 3. The third kappa shape index (κ3) is 5.31. The number of nitrogen functional groups attached to an aromatic ring is 1. The molecule has 0 fully saturated rings. The van der Waals surface area contributed by atoms with Crippen LogP contribution < -0.4 is 25.4 Å². The molecule has 220 valence electrons. The van der Waals surface area contributed by atoms with Crippen LogP contribution in [0.25, 0.3) is 27.2 Å². The first-order chi connectivity index (χ1) is 21.5. The van der Waals surface area contributed by atoms with Crippen LogP contribution in [-0.4, -0.2) is 25.3 Å². The molecule has 0 saturated heterocycles. The number of aromatic nitrogens is 1. The van der Waals surface area contributed by atoms with E-state index in [0.717, 1.165) is 69.6 Å². The van der Waals surface area contributed by atoms with Crippen molar-refractivity contribution in [2.75, 3.05) is 36.7 Å². The SMILES string of the molecule is CN(C)c1ccn(C2=C(/C=C/COc3c(N)ccc4ccccc34)CCC/C2=C\C=C2\Nc3ccc4ccccc4c3O2)c1. The molecule has 7 rings (SSSR count). The summed E-state index contributed by atoms with van der Waals surface area (Å²) in [6, 6.07) is 26.8. The molecule has 3 N–H and O–H groups in total. The molecule has 5 aromatic rings. The van der Waals surface area contributed by atoms with Crippen LogP contribution in [-0.2, 0) is 0 Å². The number of allylic oxidation sites excluding steroid dienone is 6. The maximum absolute atomic E-state index is 6.31. The fraction of sp³-hybridized carbons (Fsp3) is 0.158. The van der Waals surface area contributed by atoms with Crippen molar-refractivity contribution in [2.45, 2.75) is 19.3 Å². The molecule has 0 amide bonds. The number of benzene rings is 4. The predicted molar refractivity (Wildman–Crippen MR) is 183 cm³/mol. The zero-order chi connectivity index (χ0) is 30.0. The van der Waals surface area contributed by atoms with Gasteiger partial charge in [-0.3, -0.25) is 0 Å². The lowest BCUT2D eigenvalue weighted by Crippen LogP contribution is -2.09. The molecule has 0 atom stereocenters. The zero-order valence-electron chi connectivity index (χ0n) is 25.1. The van der Waals surface area contributed by atoms with Gasteiger partial charge in [0.25, 0.3) is 0 Å². The van der Waals surface area contributed by atoms with Crippen LogP contribution >= 0.6 is 0 Å². The Kier molecular flexibility index (Phi) is 7.32. The van der Waals surface area contributed by atoms with Gasteiger partial charge < -0.3 is 30.0 Å². The Morgan fingerprint density at radius 1 is 0.909 bits per heavy atom. The minimum absolute atomic E-state index is 0.427. The highest BCUT2D eigenvalue weighted by atomic mass is 16.5. The summed E-state index contributed by atoms with van der Waals surface area (Å²) in [7, 11) is 4.13. The van der Waals surface area contributed by atoms with Gasteiger partial charge in [-0.25, -0.2) is 0 Å². The number of nitrogens with one attached hydrogen (secondary N) is 1. The number of hydrogen-bond acceptors (Lipinski definition) is 5. The second-order valence-electron chi connectivity index (χ2n) is 11.4. The molecule has 1 aliphatic carbocycles. The van der Waals surface area contributed by atoms with Crippen molar-refractivity contribution < 1.29 is 9.47 Å². The van der Waals surface area contributed by atoms with Crippen molar-refractivity contribution in [2.24, 2.45) is 0 Å². The van der Waals surface area contributed by atoms with Crippen LogP contribution in [0.5, 0.6) is 11.5 Å². The van der Waals surface area contributed by atoms with Gasteiger partial charge in [-0.1, -0.05) is 72.8 Å². The highest BCUT2D eigenvalue weighted by Gasteiger charge is 2.21. The number of fused-ring (bicyclic) bond motifs is 4. The average molecular weight is 581 g/mol. The van der Waals surface area contributed by atoms with Gasteiger partial charge in [0.1, 0.15) is 12.4 Å². The molecular formula is C38H36N4O2. The Labute approximate surface area is 258 Å². The minimum atomic E-state index is 0.427. The minimum Gasteiger partial charge on any atom is -0.487 e. The lowest BCUT2D eigenvalue weighted by Gasteiger charge is -2.23. The number of hydrogen-bond donors (Lipinski definition) is 2. The molecule has 4 aromatic carbocycles. The number of rotatable bonds is 7. The summed E-state index contributed by atoms with van der Waals surface area (Å²) in [5.41, 5.74) is 12.8. The van der Waals surface area contributed by atoms with Crippen LogP contribution in [0.15, 0.2) is 133 Å². The summed E-state index contributed by atoms with van der Waals surface area (Å²) in [5.74, 6) is 2.34. The first kappa shape index (κ1) is 27.5. The predicted octanol–water partition coefficient (Wildman–Crippen LogP) is 8.75. The van der Waals surface area contributed by atoms with E-state index >= 15 is 0 Å². The molecule has 6 nitrogen and oxygen atoms in total. The monoisotopic (exact) mass is 580 g/mol. The summed E-state index contributed by atoms with van der Waals surface area (Å²) in [4.78, 5) is 2.13. The molecule has 0 saturated carbocycles. The molecular weight excluding hydrogens is 544 g/mol. The molecule has 44 heavy (non-hydrogen) atoms. The molecule has 2 heterocycles. The number of nitrogens with zero attached hydrogens (tertiary/aromatic N) is 2. The fourth-order valence-electron chi connectivity index (χ4n) is 6.07. The summed E-state index contributed by atoms with van der Waals surface area (Å²) in [6.45, 7) is 0.427. The Bertz CT molecular complexity index is 1990. The lowest BCUT2D eigenvalue weighted by atomic mass is 9.90. The summed E-state index contributed by atoms with van der Waals surface area (Å²) in [6.07, 6.45) is 15.9. The third-order valence-electron chi connectivity index (χ3n) is 8.29. The molecule has 0 spiro atoms. The van der Waals surface area contributed by atoms with E-state index in [1.807, 2.05) is 30.3 Å². The van der Waals surface area contributed by atoms with Crippen molar-refractivity contribution in [3.8, 4) is 11.5 Å². The second-order valence-corrected chi connectivity index (χ2v) is 11.4. The quantitative estimate of drug-likeness (QED) is 0.189. The fourth-order valence-corrected chi connectivity index (χ4v) is 6.07. The Balaban J connectivity index is 1.19. The highest BCUT2D eigenvalue weighted by Crippen LogP contribution is 2.41. The molecule has 0 bridgehead atoms. The van der Waals surface area contributed by atoms with Crippen molar-refractivity contribution in [1.29, 1.82) is 0 Å². The smallest absolute Gasteiger partial charge is 0.198 e. The Hall–Kier alpha value is -5.36. The van der Waals surface area contributed by atoms with Gasteiger partial charge in [0.05, 0.1) is 22.8 Å². The van der Waals surface area contributed by atoms with Crippen LogP contribution in [0.2, 0.25) is 0 Å². The maximum atomic E-state index is 6.31. The first-order valence-electron chi connectivity index (χ1n) is 15.1. The molecule has 0 radical (unpaired) electrons. The number of ether oxygens (including phenoxy) is 2. The molecule has 6 heteroatoms. The van der Waals surface area contributed by atoms with Gasteiger partial charge in [-0.2, -0.15) is 0 Å². The van der Waals surface area contributed by atoms with Gasteiger partial charge in [-0.05, 0) is 71.5 Å². The standard InChI is InChI=1S/C38H36N4O2/c1-41(2)30-22-23-42(25-30)36-28(13-8-24-43-37-31-14-5-3-9-26(31)16-19-33(37)39)11-7-12-29(36)18-21-35-40-34-20-17-27-10-4-6-15-32(27)38(34)44-35/h3-6,8-10,13-23,25,40H,7,11-12,24,39H2,1-2H3/b13-8+,29-18+,35-21-. The number of nitrogens with two attached hydrogens (primary N) is 1. The average Bonchev–Trinajstić information content (AvgIpc) is 3.71. The molecule has 1 aromatic heterocycles. The van der Waals surface area contributed by atoms with E-state index in [2.05, 4.69) is 114 Å². The van der Waals surface area contributed by atoms with E-state index in [-0.39, 0.29) is 0 Å². The van der Waals surface area contributed by atoms with Crippen LogP contribution in [0.3, 0.4) is 0 Å². The van der Waals surface area contributed by atoms with Crippen molar-refractivity contribution in [3.63, 3.8) is 0 Å². The largest absolute Gasteiger partial charge is 0.487 e. The molecule has 0 unspecified atom stereocenters. The van der Waals surface area contributed by atoms with Gasteiger partial charge in [0.2, 0.25) is 0 Å². The maximum Gasteiger partial charge on any atom is 0.198 e. The van der Waals surface area contributed by atoms with E-state index in [1.54, 1.807) is 0 Å². The Morgan fingerprint density at radius 2 is 1.68 bits per heavy atom. The lowest BCUT2D eigenvalue weighted by molar-refractivity contribution is 0.369. The van der Waals surface area contributed by atoms with Gasteiger partial charge in [-0.15, -0.1) is 0 Å². The van der Waals surface area contributed by atoms with Crippen molar-refractivity contribution in [1.82, 2.24) is 4.57 Å². The Morgan fingerprint density at radius 3 is 2.50 bits per heavy atom. The summed E-state index contributed by atoms with van der Waals surface area (Å²) < 4.78 is 14.8. The van der Waals surface area contributed by atoms with E-state index in [0.29, 0.717) is 12.3 Å². The normalized spacial score (nSPS) is 16.6. The van der Waals surface area contributed by atoms with Gasteiger partial charge in [0.15, 0.2) is 11.6 Å². The van der Waals surface area contributed by atoms with Crippen LogP contribution in [0.4, 0.5) is 17.1 Å². The topological polar surface area (TPSA) is 64.7 Å². The molecule has 2 aliphatic rings. The summed E-state index contributed by atoms with van der Waals surface area (Å²) >= 11 is 0. The van der Waals surface area contributed by atoms with Crippen molar-refractivity contribution in [3.05, 3.63) is 133 Å². The van der Waals surface area contributed by atoms with E-state index in [1.165, 1.54) is 16.8 Å². The van der Waals surface area contributed by atoms with E-state index in [4.69, 9.17) is 15.2 Å². The highest BCUT2D eigenvalue weighted by molar-refractivity contribution is 5.95. The third-order valence-corrected chi connectivity index (χ3v) is 8.29.